The molecule has 4 rings (SSSR count). The first-order valence-corrected chi connectivity index (χ1v) is 10.7. The molecule has 1 aromatic heterocycles. The third kappa shape index (κ3) is 5.17. The van der Waals surface area contributed by atoms with Crippen LogP contribution in [0.1, 0.15) is 10.4 Å². The highest BCUT2D eigenvalue weighted by Gasteiger charge is 2.14. The Morgan fingerprint density at radius 2 is 1.52 bits per heavy atom. The van der Waals surface area contributed by atoms with Crippen molar-refractivity contribution < 1.29 is 14.3 Å². The number of amides is 1. The smallest absolute Gasteiger partial charge is 0.340 e. The van der Waals surface area contributed by atoms with E-state index in [0.29, 0.717) is 5.13 Å². The maximum absolute atomic E-state index is 12.1. The number of carbonyl (C=O) groups excluding carboxylic acids is 2. The summed E-state index contributed by atoms with van der Waals surface area (Å²) < 4.78 is 5.03. The summed E-state index contributed by atoms with van der Waals surface area (Å²) in [5.74, 6) is -1.13. The molecule has 4 aromatic rings. The highest BCUT2D eigenvalue weighted by atomic mass is 35.5. The minimum Gasteiger partial charge on any atom is -0.452 e. The Hall–Kier alpha value is -3.48. The molecule has 0 aliphatic heterocycles. The number of thiazole rings is 1. The lowest BCUT2D eigenvalue weighted by Gasteiger charge is -2.06. The van der Waals surface area contributed by atoms with Crippen LogP contribution in [-0.2, 0) is 9.53 Å². The number of halogens is 1. The first kappa shape index (κ1) is 20.8. The predicted octanol–water partition coefficient (Wildman–Crippen LogP) is 5.93. The summed E-state index contributed by atoms with van der Waals surface area (Å²) in [4.78, 5) is 28.6. The van der Waals surface area contributed by atoms with Crippen molar-refractivity contribution in [2.75, 3.05) is 11.9 Å². The zero-order valence-electron chi connectivity index (χ0n) is 16.2. The van der Waals surface area contributed by atoms with Gasteiger partial charge in [-0.25, -0.2) is 9.78 Å². The average molecular weight is 449 g/mol. The second kappa shape index (κ2) is 9.55. The van der Waals surface area contributed by atoms with E-state index < -0.39 is 18.5 Å². The van der Waals surface area contributed by atoms with Crippen LogP contribution in [0.4, 0.5) is 5.13 Å². The molecule has 0 aliphatic carbocycles. The molecule has 0 aliphatic rings. The van der Waals surface area contributed by atoms with E-state index in [1.807, 2.05) is 47.8 Å². The minimum atomic E-state index is -0.654. The number of rotatable bonds is 6. The van der Waals surface area contributed by atoms with Crippen molar-refractivity contribution in [2.24, 2.45) is 0 Å². The molecule has 1 amide bonds. The summed E-state index contributed by atoms with van der Waals surface area (Å²) in [5.41, 5.74) is 4.18. The SMILES string of the molecule is O=C(COC(=O)c1ccccc1Cl)Nc1nc(-c2ccc(-c3ccccc3)cc2)cs1. The number of benzene rings is 3. The molecule has 0 unspecified atom stereocenters. The van der Waals surface area contributed by atoms with Crippen LogP contribution in [0.5, 0.6) is 0 Å². The van der Waals surface area contributed by atoms with Crippen molar-refractivity contribution in [3.05, 3.63) is 94.8 Å². The summed E-state index contributed by atoms with van der Waals surface area (Å²) >= 11 is 7.26. The van der Waals surface area contributed by atoms with E-state index in [9.17, 15) is 9.59 Å². The molecule has 5 nitrogen and oxygen atoms in total. The zero-order valence-corrected chi connectivity index (χ0v) is 17.8. The quantitative estimate of drug-likeness (QED) is 0.371. The van der Waals surface area contributed by atoms with Gasteiger partial charge in [-0.2, -0.15) is 0 Å². The summed E-state index contributed by atoms with van der Waals surface area (Å²) in [6.45, 7) is -0.426. The lowest BCUT2D eigenvalue weighted by molar-refractivity contribution is -0.119. The first-order valence-electron chi connectivity index (χ1n) is 9.43. The van der Waals surface area contributed by atoms with Gasteiger partial charge in [0.15, 0.2) is 11.7 Å². The lowest BCUT2D eigenvalue weighted by atomic mass is 10.0. The van der Waals surface area contributed by atoms with E-state index in [1.165, 1.54) is 11.3 Å². The van der Waals surface area contributed by atoms with E-state index >= 15 is 0 Å². The van der Waals surface area contributed by atoms with Crippen LogP contribution in [0.3, 0.4) is 0 Å². The molecule has 0 radical (unpaired) electrons. The maximum atomic E-state index is 12.1. The average Bonchev–Trinajstić information content (AvgIpc) is 3.27. The first-order chi connectivity index (χ1) is 15.1. The molecule has 154 valence electrons. The Bertz CT molecular complexity index is 1210. The number of esters is 1. The van der Waals surface area contributed by atoms with Gasteiger partial charge in [0.1, 0.15) is 0 Å². The van der Waals surface area contributed by atoms with Crippen LogP contribution >= 0.6 is 22.9 Å². The summed E-state index contributed by atoms with van der Waals surface area (Å²) in [7, 11) is 0. The second-order valence-corrected chi connectivity index (χ2v) is 7.85. The molecule has 0 fully saturated rings. The van der Waals surface area contributed by atoms with Crippen LogP contribution in [0, 0.1) is 0 Å². The van der Waals surface area contributed by atoms with Crippen LogP contribution in [0.25, 0.3) is 22.4 Å². The Kier molecular flexibility index (Phi) is 6.40. The minimum absolute atomic E-state index is 0.215. The van der Waals surface area contributed by atoms with Crippen LogP contribution in [0.15, 0.2) is 84.2 Å². The fraction of sp³-hybridized carbons (Fsp3) is 0.0417. The highest BCUT2D eigenvalue weighted by Crippen LogP contribution is 2.27. The number of nitrogens with one attached hydrogen (secondary N) is 1. The number of carbonyl (C=O) groups is 2. The van der Waals surface area contributed by atoms with Gasteiger partial charge in [0, 0.05) is 10.9 Å². The molecule has 7 heteroatoms. The van der Waals surface area contributed by atoms with Gasteiger partial charge >= 0.3 is 5.97 Å². The molecule has 1 heterocycles. The van der Waals surface area contributed by atoms with Gasteiger partial charge in [0.2, 0.25) is 0 Å². The Labute approximate surface area is 188 Å². The van der Waals surface area contributed by atoms with Gasteiger partial charge in [-0.05, 0) is 23.3 Å². The van der Waals surface area contributed by atoms with Gasteiger partial charge in [0.25, 0.3) is 5.91 Å². The highest BCUT2D eigenvalue weighted by molar-refractivity contribution is 7.14. The van der Waals surface area contributed by atoms with E-state index in [4.69, 9.17) is 16.3 Å². The number of ether oxygens (including phenoxy) is 1. The standard InChI is InChI=1S/C24H17ClN2O3S/c25-20-9-5-4-8-19(20)23(29)30-14-22(28)27-24-26-21(15-31-24)18-12-10-17(11-13-18)16-6-2-1-3-7-16/h1-13,15H,14H2,(H,26,27,28). The zero-order chi connectivity index (χ0) is 21.6. The molecule has 1 N–H and O–H groups in total. The fourth-order valence-corrected chi connectivity index (χ4v) is 3.87. The number of anilines is 1. The third-order valence-corrected chi connectivity index (χ3v) is 5.55. The Morgan fingerprint density at radius 3 is 2.26 bits per heavy atom. The topological polar surface area (TPSA) is 68.3 Å². The largest absolute Gasteiger partial charge is 0.452 e. The molecule has 0 saturated heterocycles. The van der Waals surface area contributed by atoms with Gasteiger partial charge in [-0.1, -0.05) is 78.3 Å². The van der Waals surface area contributed by atoms with Crippen LogP contribution in [-0.4, -0.2) is 23.5 Å². The summed E-state index contributed by atoms with van der Waals surface area (Å²) in [5, 5.41) is 5.22. The van der Waals surface area contributed by atoms with E-state index in [-0.39, 0.29) is 10.6 Å². The van der Waals surface area contributed by atoms with Gasteiger partial charge in [-0.15, -0.1) is 11.3 Å². The molecular weight excluding hydrogens is 432 g/mol. The number of nitrogens with zero attached hydrogens (tertiary/aromatic N) is 1. The number of hydrogen-bond acceptors (Lipinski definition) is 5. The van der Waals surface area contributed by atoms with Gasteiger partial charge in [-0.3, -0.25) is 10.1 Å². The molecule has 0 saturated carbocycles. The van der Waals surface area contributed by atoms with Crippen molar-refractivity contribution in [2.45, 2.75) is 0 Å². The monoisotopic (exact) mass is 448 g/mol. The summed E-state index contributed by atoms with van der Waals surface area (Å²) in [6.07, 6.45) is 0. The van der Waals surface area contributed by atoms with Crippen molar-refractivity contribution in [1.82, 2.24) is 4.98 Å². The lowest BCUT2D eigenvalue weighted by Crippen LogP contribution is -2.21. The van der Waals surface area contributed by atoms with Crippen LogP contribution < -0.4 is 5.32 Å². The van der Waals surface area contributed by atoms with Crippen molar-refractivity contribution in [3.8, 4) is 22.4 Å². The molecule has 3 aromatic carbocycles. The number of aromatic nitrogens is 1. The predicted molar refractivity (Wildman–Crippen MR) is 123 cm³/mol. The molecule has 0 spiro atoms. The van der Waals surface area contributed by atoms with Gasteiger partial charge in [0.05, 0.1) is 16.3 Å². The van der Waals surface area contributed by atoms with Gasteiger partial charge < -0.3 is 4.74 Å². The fourth-order valence-electron chi connectivity index (χ4n) is 2.92. The van der Waals surface area contributed by atoms with Crippen molar-refractivity contribution >= 4 is 39.9 Å². The Morgan fingerprint density at radius 1 is 0.871 bits per heavy atom. The van der Waals surface area contributed by atoms with E-state index in [2.05, 4.69) is 22.4 Å². The van der Waals surface area contributed by atoms with E-state index in [0.717, 1.165) is 22.4 Å². The summed E-state index contributed by atoms with van der Waals surface area (Å²) in [6, 6.07) is 24.7. The van der Waals surface area contributed by atoms with E-state index in [1.54, 1.807) is 24.3 Å². The third-order valence-electron chi connectivity index (χ3n) is 4.47. The molecular formula is C24H17ClN2O3S. The van der Waals surface area contributed by atoms with Crippen molar-refractivity contribution in [3.63, 3.8) is 0 Å². The van der Waals surface area contributed by atoms with Crippen molar-refractivity contribution in [1.29, 1.82) is 0 Å². The second-order valence-electron chi connectivity index (χ2n) is 6.59. The number of hydrogen-bond donors (Lipinski definition) is 1. The maximum Gasteiger partial charge on any atom is 0.340 e. The normalized spacial score (nSPS) is 10.5. The van der Waals surface area contributed by atoms with Crippen LogP contribution in [0.2, 0.25) is 5.02 Å². The molecule has 31 heavy (non-hydrogen) atoms. The molecule has 0 bridgehead atoms. The molecule has 0 atom stereocenters. The Balaban J connectivity index is 1.35.